The average Bonchev–Trinajstić information content (AvgIpc) is 3.06. The lowest BCUT2D eigenvalue weighted by Gasteiger charge is -2.75. The van der Waals surface area contributed by atoms with Crippen LogP contribution in [0.1, 0.15) is 44.7 Å². The van der Waals surface area contributed by atoms with Gasteiger partial charge < -0.3 is 24.2 Å². The number of aliphatic hydroxyl groups is 1. The van der Waals surface area contributed by atoms with Crippen LogP contribution in [0, 0.1) is 10.8 Å². The van der Waals surface area contributed by atoms with Crippen LogP contribution in [0.5, 0.6) is 11.5 Å². The molecule has 2 aliphatic heterocycles. The van der Waals surface area contributed by atoms with E-state index in [-0.39, 0.29) is 16.9 Å². The van der Waals surface area contributed by atoms with E-state index in [0.29, 0.717) is 6.04 Å². The summed E-state index contributed by atoms with van der Waals surface area (Å²) in [4.78, 5) is 2.54. The number of ether oxygens (including phenoxy) is 3. The zero-order chi connectivity index (χ0) is 21.3. The maximum absolute atomic E-state index is 11.5. The van der Waals surface area contributed by atoms with Gasteiger partial charge in [-0.2, -0.15) is 0 Å². The van der Waals surface area contributed by atoms with Gasteiger partial charge >= 0.3 is 0 Å². The number of hydrogen-bond acceptors (Lipinski definition) is 5. The molecular formula is C25H33NO4. The van der Waals surface area contributed by atoms with Crippen LogP contribution in [0.2, 0.25) is 0 Å². The Morgan fingerprint density at radius 3 is 2.67 bits per heavy atom. The number of fused-ring (bicyclic) bond motifs is 1. The number of rotatable bonds is 3. The van der Waals surface area contributed by atoms with Crippen molar-refractivity contribution in [2.75, 3.05) is 27.8 Å². The monoisotopic (exact) mass is 411 g/mol. The normalized spacial score (nSPS) is 45.3. The summed E-state index contributed by atoms with van der Waals surface area (Å²) in [6.45, 7) is 7.10. The summed E-state index contributed by atoms with van der Waals surface area (Å²) in [6.07, 6.45) is 7.39. The largest absolute Gasteiger partial charge is 0.493 e. The predicted molar refractivity (Wildman–Crippen MR) is 114 cm³/mol. The quantitative estimate of drug-likeness (QED) is 0.775. The molecule has 0 aromatic heterocycles. The Bertz CT molecular complexity index is 982. The Balaban J connectivity index is 1.73. The third-order valence-electron chi connectivity index (χ3n) is 10.0. The van der Waals surface area contributed by atoms with Crippen molar-refractivity contribution in [1.82, 2.24) is 4.90 Å². The summed E-state index contributed by atoms with van der Waals surface area (Å²) in [6, 6.07) is 4.67. The SMILES string of the molecule is COc1ccc2c3c1O[C@@H]1[C@@]4(OC)C=C[C@@]5(C[C@@]4(C)C(C)(C)O)[C@@H](C2)N(C)CC[C@]315. The van der Waals surface area contributed by atoms with Crippen LogP contribution in [0.15, 0.2) is 24.3 Å². The molecule has 30 heavy (non-hydrogen) atoms. The molecule has 7 rings (SSSR count). The lowest BCUT2D eigenvalue weighted by molar-refractivity contribution is -0.284. The second kappa shape index (κ2) is 5.25. The highest BCUT2D eigenvalue weighted by Crippen LogP contribution is 2.78. The van der Waals surface area contributed by atoms with E-state index in [1.165, 1.54) is 11.1 Å². The molecular weight excluding hydrogens is 378 g/mol. The molecule has 6 aliphatic rings. The van der Waals surface area contributed by atoms with Crippen molar-refractivity contribution in [1.29, 1.82) is 0 Å². The molecule has 4 aliphatic carbocycles. The molecule has 0 radical (unpaired) electrons. The van der Waals surface area contributed by atoms with Crippen molar-refractivity contribution in [3.05, 3.63) is 35.4 Å². The molecule has 2 fully saturated rings. The van der Waals surface area contributed by atoms with Gasteiger partial charge in [0.25, 0.3) is 0 Å². The van der Waals surface area contributed by atoms with Crippen LogP contribution in [0.4, 0.5) is 0 Å². The summed E-state index contributed by atoms with van der Waals surface area (Å²) in [5.74, 6) is 1.71. The second-order valence-electron chi connectivity index (χ2n) is 11.0. The highest BCUT2D eigenvalue weighted by molar-refractivity contribution is 5.66. The Morgan fingerprint density at radius 2 is 2.00 bits per heavy atom. The number of likely N-dealkylation sites (tertiary alicyclic amines) is 1. The van der Waals surface area contributed by atoms with Gasteiger partial charge in [-0.15, -0.1) is 0 Å². The van der Waals surface area contributed by atoms with Crippen molar-refractivity contribution >= 4 is 0 Å². The van der Waals surface area contributed by atoms with Crippen LogP contribution in [0.25, 0.3) is 0 Å². The van der Waals surface area contributed by atoms with E-state index in [1.807, 2.05) is 13.8 Å². The third-order valence-corrected chi connectivity index (χ3v) is 10.0. The maximum Gasteiger partial charge on any atom is 0.166 e. The van der Waals surface area contributed by atoms with E-state index >= 15 is 0 Å². The van der Waals surface area contributed by atoms with Crippen LogP contribution in [-0.4, -0.2) is 61.2 Å². The van der Waals surface area contributed by atoms with Gasteiger partial charge in [0.15, 0.2) is 11.5 Å². The first-order valence-corrected chi connectivity index (χ1v) is 11.2. The standard InChI is InChI=1S/C25H33NO4/c1-21(2,27)22(3)14-23-9-10-25(22,29-6)20-24(23)11-12-26(4)17(23)13-15-7-8-16(28-5)19(30-20)18(15)24/h7-10,17,20,27H,11-14H2,1-6H3/t17-,20+,22+,23-,24+,25+/m1/s1. The minimum absolute atomic E-state index is 0.107. The molecule has 5 nitrogen and oxygen atoms in total. The van der Waals surface area contributed by atoms with Crippen molar-refractivity contribution in [3.8, 4) is 11.5 Å². The van der Waals surface area contributed by atoms with E-state index in [4.69, 9.17) is 14.2 Å². The highest BCUT2D eigenvalue weighted by Gasteiger charge is 2.83. The molecule has 2 heterocycles. The zero-order valence-corrected chi connectivity index (χ0v) is 18.9. The minimum Gasteiger partial charge on any atom is -0.493 e. The molecule has 0 amide bonds. The second-order valence-corrected chi connectivity index (χ2v) is 11.0. The summed E-state index contributed by atoms with van der Waals surface area (Å²) < 4.78 is 19.1. The van der Waals surface area contributed by atoms with E-state index in [9.17, 15) is 5.11 Å². The first-order valence-electron chi connectivity index (χ1n) is 11.2. The summed E-state index contributed by atoms with van der Waals surface area (Å²) in [5.41, 5.74) is 0.319. The van der Waals surface area contributed by atoms with Gasteiger partial charge in [0, 0.05) is 29.5 Å². The zero-order valence-electron chi connectivity index (χ0n) is 18.9. The lowest BCUT2D eigenvalue weighted by Crippen LogP contribution is -2.83. The topological polar surface area (TPSA) is 51.2 Å². The smallest absolute Gasteiger partial charge is 0.166 e. The van der Waals surface area contributed by atoms with Gasteiger partial charge in [0.1, 0.15) is 11.7 Å². The molecule has 1 N–H and O–H groups in total. The maximum atomic E-state index is 11.5. The molecule has 5 heteroatoms. The van der Waals surface area contributed by atoms with E-state index in [1.54, 1.807) is 14.2 Å². The Hall–Kier alpha value is -1.56. The predicted octanol–water partition coefficient (Wildman–Crippen LogP) is 3.08. The first kappa shape index (κ1) is 19.1. The Kier molecular flexibility index (Phi) is 3.35. The van der Waals surface area contributed by atoms with Crippen molar-refractivity contribution in [3.63, 3.8) is 0 Å². The van der Waals surface area contributed by atoms with Gasteiger partial charge in [0.2, 0.25) is 0 Å². The van der Waals surface area contributed by atoms with E-state index in [0.717, 1.165) is 37.3 Å². The number of hydrogen-bond donors (Lipinski definition) is 1. The molecule has 4 bridgehead atoms. The van der Waals surface area contributed by atoms with Gasteiger partial charge in [-0.25, -0.2) is 0 Å². The van der Waals surface area contributed by atoms with Crippen LogP contribution in [0.3, 0.4) is 0 Å². The third kappa shape index (κ3) is 1.63. The molecule has 1 aromatic carbocycles. The highest BCUT2D eigenvalue weighted by atomic mass is 16.6. The molecule has 1 saturated carbocycles. The van der Waals surface area contributed by atoms with Gasteiger partial charge in [0.05, 0.1) is 18.1 Å². The van der Waals surface area contributed by atoms with Crippen LogP contribution >= 0.6 is 0 Å². The van der Waals surface area contributed by atoms with Crippen molar-refractivity contribution < 1.29 is 19.3 Å². The van der Waals surface area contributed by atoms with Crippen LogP contribution in [-0.2, 0) is 16.6 Å². The number of piperidine rings is 1. The van der Waals surface area contributed by atoms with Crippen molar-refractivity contribution in [2.24, 2.45) is 10.8 Å². The van der Waals surface area contributed by atoms with E-state index < -0.39 is 16.6 Å². The molecule has 6 atom stereocenters. The van der Waals surface area contributed by atoms with Crippen LogP contribution < -0.4 is 9.47 Å². The number of nitrogens with zero attached hydrogens (tertiary/aromatic N) is 1. The molecule has 1 aromatic rings. The summed E-state index contributed by atoms with van der Waals surface area (Å²) >= 11 is 0. The van der Waals surface area contributed by atoms with Gasteiger partial charge in [-0.05, 0) is 58.3 Å². The fourth-order valence-electron chi connectivity index (χ4n) is 8.30. The fourth-order valence-corrected chi connectivity index (χ4v) is 8.30. The molecule has 1 saturated heterocycles. The van der Waals surface area contributed by atoms with Gasteiger partial charge in [-0.3, -0.25) is 0 Å². The first-order chi connectivity index (χ1) is 14.1. The molecule has 0 unspecified atom stereocenters. The molecule has 2 spiro atoms. The lowest BCUT2D eigenvalue weighted by atomic mass is 9.33. The number of methoxy groups -OCH3 is 2. The number of likely N-dealkylation sites (N-methyl/N-ethyl adjacent to an activating group) is 1. The van der Waals surface area contributed by atoms with Gasteiger partial charge in [-0.1, -0.05) is 25.1 Å². The summed E-state index contributed by atoms with van der Waals surface area (Å²) in [5, 5.41) is 11.5. The average molecular weight is 412 g/mol. The molecule has 162 valence electrons. The number of benzene rings is 1. The Morgan fingerprint density at radius 1 is 1.23 bits per heavy atom. The van der Waals surface area contributed by atoms with Crippen molar-refractivity contribution in [2.45, 2.75) is 68.8 Å². The minimum atomic E-state index is -0.933. The summed E-state index contributed by atoms with van der Waals surface area (Å²) in [7, 11) is 5.76. The van der Waals surface area contributed by atoms with E-state index in [2.05, 4.69) is 43.2 Å². The fraction of sp³-hybridized carbons (Fsp3) is 0.680. The Labute approximate surface area is 179 Å².